The number of aryl methyl sites for hydroxylation is 1. The summed E-state index contributed by atoms with van der Waals surface area (Å²) in [5, 5.41) is 0.0807. The molecule has 0 fully saturated rings. The quantitative estimate of drug-likeness (QED) is 0.286. The maximum absolute atomic E-state index is 13.7. The summed E-state index contributed by atoms with van der Waals surface area (Å²) in [6, 6.07) is 13.2. The Balaban J connectivity index is 1.60. The fourth-order valence-corrected chi connectivity index (χ4v) is 5.36. The number of pyridine rings is 1. The third-order valence-corrected chi connectivity index (χ3v) is 7.46. The van der Waals surface area contributed by atoms with Crippen LogP contribution in [0.1, 0.15) is 27.2 Å². The van der Waals surface area contributed by atoms with Crippen LogP contribution in [-0.4, -0.2) is 70.1 Å². The average molecular weight is 551 g/mol. The van der Waals surface area contributed by atoms with Gasteiger partial charge >= 0.3 is 12.0 Å². The first-order chi connectivity index (χ1) is 18.7. The second-order valence-corrected chi connectivity index (χ2v) is 10.2. The average Bonchev–Trinajstić information content (AvgIpc) is 3.33. The molecule has 0 aliphatic carbocycles. The zero-order chi connectivity index (χ0) is 28.1. The molecule has 0 spiro atoms. The van der Waals surface area contributed by atoms with Gasteiger partial charge in [-0.1, -0.05) is 18.2 Å². The summed E-state index contributed by atoms with van der Waals surface area (Å²) in [4.78, 5) is 36.3. The van der Waals surface area contributed by atoms with E-state index in [1.165, 1.54) is 16.6 Å². The first-order valence-corrected chi connectivity index (χ1v) is 13.5. The predicted molar refractivity (Wildman–Crippen MR) is 147 cm³/mol. The first kappa shape index (κ1) is 27.8. The summed E-state index contributed by atoms with van der Waals surface area (Å²) in [7, 11) is 2.96. The van der Waals surface area contributed by atoms with Crippen molar-refractivity contribution in [2.45, 2.75) is 24.8 Å². The number of ether oxygens (including phenoxy) is 3. The van der Waals surface area contributed by atoms with Crippen molar-refractivity contribution in [2.75, 3.05) is 34.4 Å². The summed E-state index contributed by atoms with van der Waals surface area (Å²) in [6.07, 6.45) is 1.67. The van der Waals surface area contributed by atoms with Gasteiger partial charge in [0.05, 0.1) is 59.6 Å². The number of likely N-dealkylation sites (N-methyl/N-ethyl adjacent to an activating group) is 1. The molecule has 0 radical (unpaired) electrons. The Morgan fingerprint density at radius 3 is 2.49 bits per heavy atom. The van der Waals surface area contributed by atoms with Crippen LogP contribution >= 0.6 is 0 Å². The number of aromatic nitrogens is 3. The lowest BCUT2D eigenvalue weighted by Crippen LogP contribution is -2.35. The van der Waals surface area contributed by atoms with Crippen LogP contribution in [0.2, 0.25) is 0 Å². The van der Waals surface area contributed by atoms with Crippen LogP contribution in [-0.2, 0) is 21.3 Å². The van der Waals surface area contributed by atoms with E-state index >= 15 is 0 Å². The van der Waals surface area contributed by atoms with E-state index in [0.29, 0.717) is 33.8 Å². The van der Waals surface area contributed by atoms with Crippen molar-refractivity contribution >= 4 is 33.8 Å². The Morgan fingerprint density at radius 1 is 1.05 bits per heavy atom. The number of esters is 1. The molecule has 0 aliphatic heterocycles. The van der Waals surface area contributed by atoms with Crippen LogP contribution in [0.5, 0.6) is 11.5 Å². The van der Waals surface area contributed by atoms with E-state index in [1.807, 2.05) is 19.9 Å². The number of hydrogen-bond donors (Lipinski definition) is 0. The molecule has 2 aromatic heterocycles. The zero-order valence-corrected chi connectivity index (χ0v) is 23.3. The molecule has 204 valence electrons. The van der Waals surface area contributed by atoms with Gasteiger partial charge in [0.25, 0.3) is 0 Å². The smallest absolute Gasteiger partial charge is 0.338 e. The lowest BCUT2D eigenvalue weighted by Gasteiger charge is -2.19. The fourth-order valence-electron chi connectivity index (χ4n) is 4.11. The molecule has 1 atom stereocenters. The zero-order valence-electron chi connectivity index (χ0n) is 22.5. The topological polar surface area (TPSA) is 113 Å². The number of amides is 1. The van der Waals surface area contributed by atoms with E-state index in [9.17, 15) is 13.8 Å². The number of carbonyl (C=O) groups is 2. The second kappa shape index (κ2) is 12.1. The molecule has 11 heteroatoms. The second-order valence-electron chi connectivity index (χ2n) is 8.83. The van der Waals surface area contributed by atoms with Crippen molar-refractivity contribution in [3.05, 3.63) is 77.1 Å². The van der Waals surface area contributed by atoms with Gasteiger partial charge in [-0.3, -0.25) is 9.19 Å². The summed E-state index contributed by atoms with van der Waals surface area (Å²) >= 11 is 0. The van der Waals surface area contributed by atoms with Crippen LogP contribution < -0.4 is 9.47 Å². The lowest BCUT2D eigenvalue weighted by atomic mass is 10.1. The molecule has 1 amide bonds. The molecule has 1 unspecified atom stereocenters. The molecule has 2 aromatic carbocycles. The molecular formula is C28H30N4O6S. The van der Waals surface area contributed by atoms with Crippen LogP contribution in [0.25, 0.3) is 11.0 Å². The highest BCUT2D eigenvalue weighted by atomic mass is 32.2. The van der Waals surface area contributed by atoms with Gasteiger partial charge in [0.2, 0.25) is 5.16 Å². The summed E-state index contributed by atoms with van der Waals surface area (Å²) < 4.78 is 31.1. The molecule has 0 aliphatic rings. The van der Waals surface area contributed by atoms with Crippen molar-refractivity contribution < 1.29 is 28.0 Å². The minimum atomic E-state index is -1.73. The van der Waals surface area contributed by atoms with Gasteiger partial charge in [0.1, 0.15) is 18.1 Å². The van der Waals surface area contributed by atoms with Crippen molar-refractivity contribution in [3.8, 4) is 11.5 Å². The standard InChI is InChI=1S/C28H30N4O6S/c1-18-16-29-23(19(2)25(18)37-5)17-39(35)27-30-22-15-21(36-4)11-12-24(22)32(27)28(34)31(3)13-14-38-26(33)20-9-7-6-8-10-20/h6-12,15-16H,13-14,17H2,1-5H3. The van der Waals surface area contributed by atoms with Gasteiger partial charge in [-0.05, 0) is 38.1 Å². The summed E-state index contributed by atoms with van der Waals surface area (Å²) in [6.45, 7) is 3.85. The number of nitrogens with zero attached hydrogens (tertiary/aromatic N) is 4. The maximum atomic E-state index is 13.7. The van der Waals surface area contributed by atoms with Gasteiger partial charge in [0, 0.05) is 30.4 Å². The number of imidazole rings is 1. The van der Waals surface area contributed by atoms with E-state index in [1.54, 1.807) is 62.8 Å². The monoisotopic (exact) mass is 550 g/mol. The highest BCUT2D eigenvalue weighted by Gasteiger charge is 2.25. The van der Waals surface area contributed by atoms with Crippen molar-refractivity contribution in [1.29, 1.82) is 0 Å². The molecule has 2 heterocycles. The summed E-state index contributed by atoms with van der Waals surface area (Å²) in [5.74, 6) is 0.791. The minimum Gasteiger partial charge on any atom is -0.497 e. The normalized spacial score (nSPS) is 11.7. The molecule has 0 saturated carbocycles. The fraction of sp³-hybridized carbons (Fsp3) is 0.286. The molecule has 0 bridgehead atoms. The third kappa shape index (κ3) is 5.93. The van der Waals surface area contributed by atoms with E-state index in [2.05, 4.69) is 9.97 Å². The minimum absolute atomic E-state index is 0.0128. The molecular weight excluding hydrogens is 520 g/mol. The van der Waals surface area contributed by atoms with Crippen LogP contribution in [0.4, 0.5) is 4.79 Å². The van der Waals surface area contributed by atoms with Crippen LogP contribution in [0.3, 0.4) is 0 Å². The van der Waals surface area contributed by atoms with E-state index in [-0.39, 0.29) is 24.1 Å². The van der Waals surface area contributed by atoms with Gasteiger partial charge in [0.15, 0.2) is 0 Å². The van der Waals surface area contributed by atoms with Gasteiger partial charge in [-0.25, -0.2) is 19.1 Å². The highest BCUT2D eigenvalue weighted by Crippen LogP contribution is 2.28. The van der Waals surface area contributed by atoms with Crippen molar-refractivity contribution in [3.63, 3.8) is 0 Å². The van der Waals surface area contributed by atoms with Crippen molar-refractivity contribution in [1.82, 2.24) is 19.4 Å². The molecule has 0 N–H and O–H groups in total. The molecule has 4 rings (SSSR count). The lowest BCUT2D eigenvalue weighted by molar-refractivity contribution is 0.0482. The Bertz CT molecular complexity index is 1540. The largest absolute Gasteiger partial charge is 0.497 e. The Hall–Kier alpha value is -4.25. The Labute approximate surface area is 229 Å². The first-order valence-electron chi connectivity index (χ1n) is 12.2. The number of methoxy groups -OCH3 is 2. The Kier molecular flexibility index (Phi) is 8.60. The number of carbonyl (C=O) groups excluding carboxylic acids is 2. The highest BCUT2D eigenvalue weighted by molar-refractivity contribution is 7.84. The van der Waals surface area contributed by atoms with E-state index < -0.39 is 22.8 Å². The molecule has 39 heavy (non-hydrogen) atoms. The molecule has 4 aromatic rings. The summed E-state index contributed by atoms with van der Waals surface area (Å²) in [5.41, 5.74) is 3.59. The SMILES string of the molecule is COc1ccc2c(c1)nc(S(=O)Cc1ncc(C)c(OC)c1C)n2C(=O)N(C)CCOC(=O)c1ccccc1. The maximum Gasteiger partial charge on any atom is 0.338 e. The third-order valence-electron chi connectivity index (χ3n) is 6.24. The van der Waals surface area contributed by atoms with Crippen LogP contribution in [0, 0.1) is 13.8 Å². The van der Waals surface area contributed by atoms with E-state index in [4.69, 9.17) is 14.2 Å². The van der Waals surface area contributed by atoms with Crippen molar-refractivity contribution in [2.24, 2.45) is 0 Å². The Morgan fingerprint density at radius 2 is 1.79 bits per heavy atom. The molecule has 0 saturated heterocycles. The predicted octanol–water partition coefficient (Wildman–Crippen LogP) is 4.13. The van der Waals surface area contributed by atoms with Gasteiger partial charge in [-0.15, -0.1) is 0 Å². The van der Waals surface area contributed by atoms with Gasteiger partial charge < -0.3 is 19.1 Å². The number of hydrogen-bond acceptors (Lipinski definition) is 8. The number of fused-ring (bicyclic) bond motifs is 1. The number of rotatable bonds is 9. The van der Waals surface area contributed by atoms with Crippen LogP contribution in [0.15, 0.2) is 59.9 Å². The van der Waals surface area contributed by atoms with Gasteiger partial charge in [-0.2, -0.15) is 0 Å². The van der Waals surface area contributed by atoms with E-state index in [0.717, 1.165) is 11.1 Å². The number of benzene rings is 2. The molecule has 10 nitrogen and oxygen atoms in total.